The number of aliphatic hydroxyl groups excluding tert-OH is 1. The minimum Gasteiger partial charge on any atom is -0.402 e. The summed E-state index contributed by atoms with van der Waals surface area (Å²) in [6.07, 6.45) is 4.68. The number of hydrogen-bond donors (Lipinski definition) is 4. The molecule has 0 aromatic heterocycles. The summed E-state index contributed by atoms with van der Waals surface area (Å²) in [7, 11) is -2.17. The molecule has 0 aliphatic heterocycles. The molecule has 0 spiro atoms. The van der Waals surface area contributed by atoms with Gasteiger partial charge in [0, 0.05) is 23.7 Å². The van der Waals surface area contributed by atoms with E-state index in [1.54, 1.807) is 0 Å². The molecule has 0 aliphatic carbocycles. The summed E-state index contributed by atoms with van der Waals surface area (Å²) in [6, 6.07) is 0. The molecule has 79 valence electrons. The molecule has 0 amide bonds. The summed E-state index contributed by atoms with van der Waals surface area (Å²) in [4.78, 5) is 0. The fourth-order valence-electron chi connectivity index (χ4n) is 0.539. The zero-order valence-electron chi connectivity index (χ0n) is 7.20. The monoisotopic (exact) mass is 227 g/mol. The van der Waals surface area contributed by atoms with Crippen LogP contribution in [0.2, 0.25) is 0 Å². The minimum absolute atomic E-state index is 0. The van der Waals surface area contributed by atoms with Crippen LogP contribution in [0.4, 0.5) is 0 Å². The average molecular weight is 228 g/mol. The van der Waals surface area contributed by atoms with Gasteiger partial charge in [-0.3, -0.25) is 0 Å². The van der Waals surface area contributed by atoms with Crippen LogP contribution in [0.3, 0.4) is 0 Å². The van der Waals surface area contributed by atoms with Crippen LogP contribution in [0, 0.1) is 0 Å². The Morgan fingerprint density at radius 1 is 1.00 bits per heavy atom. The van der Waals surface area contributed by atoms with Gasteiger partial charge in [-0.25, -0.2) is 0 Å². The van der Waals surface area contributed by atoms with Crippen molar-refractivity contribution in [3.05, 3.63) is 0 Å². The van der Waals surface area contributed by atoms with Gasteiger partial charge in [0.15, 0.2) is 0 Å². The Kier molecular flexibility index (Phi) is 26.6. The van der Waals surface area contributed by atoms with Crippen LogP contribution in [0.15, 0.2) is 0 Å². The molecule has 6 heteroatoms. The third kappa shape index (κ3) is 47.3. The maximum Gasteiger partial charge on any atom is 0.631 e. The molecule has 0 heterocycles. The topological polar surface area (TPSA) is 80.9 Å². The van der Waals surface area contributed by atoms with E-state index in [4.69, 9.17) is 20.2 Å². The van der Waals surface area contributed by atoms with Gasteiger partial charge in [-0.2, -0.15) is 0 Å². The van der Waals surface area contributed by atoms with Gasteiger partial charge < -0.3 is 20.2 Å². The molecule has 0 saturated heterocycles. The first-order valence-corrected chi connectivity index (χ1v) is 3.80. The van der Waals surface area contributed by atoms with Crippen molar-refractivity contribution in [1.82, 2.24) is 0 Å². The standard InChI is InChI=1S/C6H14O.BH3O3.Cu/c1-2-3-4-5-6-7;2-1(3)4;/h7H,2-6H2,1H3;2-4H;. The molecule has 4 nitrogen and oxygen atoms in total. The quantitative estimate of drug-likeness (QED) is 0.386. The third-order valence-electron chi connectivity index (χ3n) is 1.01. The fourth-order valence-corrected chi connectivity index (χ4v) is 0.539. The Balaban J connectivity index is -0.000000142. The normalized spacial score (nSPS) is 7.75. The molecule has 0 bridgehead atoms. The van der Waals surface area contributed by atoms with Crippen molar-refractivity contribution < 1.29 is 37.2 Å². The number of hydrogen-bond acceptors (Lipinski definition) is 4. The molecule has 0 aromatic rings. The van der Waals surface area contributed by atoms with Crippen LogP contribution in [0.1, 0.15) is 32.6 Å². The van der Waals surface area contributed by atoms with Gasteiger partial charge in [0.1, 0.15) is 0 Å². The smallest absolute Gasteiger partial charge is 0.402 e. The predicted octanol–water partition coefficient (Wildman–Crippen LogP) is -0.495. The van der Waals surface area contributed by atoms with E-state index in [0.29, 0.717) is 6.61 Å². The second-order valence-corrected chi connectivity index (χ2v) is 2.13. The van der Waals surface area contributed by atoms with E-state index >= 15 is 0 Å². The van der Waals surface area contributed by atoms with Crippen molar-refractivity contribution in [3.8, 4) is 0 Å². The van der Waals surface area contributed by atoms with Gasteiger partial charge in [0.05, 0.1) is 0 Å². The van der Waals surface area contributed by atoms with Gasteiger partial charge >= 0.3 is 7.32 Å². The summed E-state index contributed by atoms with van der Waals surface area (Å²) < 4.78 is 0. The molecule has 0 saturated carbocycles. The first kappa shape index (κ1) is 18.3. The van der Waals surface area contributed by atoms with E-state index in [1.807, 2.05) is 0 Å². The Hall–Kier alpha value is 0.424. The Bertz CT molecular complexity index is 58.8. The van der Waals surface area contributed by atoms with Crippen LogP contribution in [0.5, 0.6) is 0 Å². The van der Waals surface area contributed by atoms with E-state index in [1.165, 1.54) is 19.3 Å². The maximum absolute atomic E-state index is 8.29. The first-order chi connectivity index (χ1) is 5.15. The fraction of sp³-hybridized carbons (Fsp3) is 1.00. The molecule has 0 atom stereocenters. The van der Waals surface area contributed by atoms with E-state index in [9.17, 15) is 0 Å². The van der Waals surface area contributed by atoms with Crippen LogP contribution < -0.4 is 0 Å². The maximum atomic E-state index is 8.29. The molecule has 0 aliphatic rings. The van der Waals surface area contributed by atoms with Crippen molar-refractivity contribution in [2.45, 2.75) is 32.6 Å². The van der Waals surface area contributed by atoms with Gasteiger partial charge in [0.25, 0.3) is 0 Å². The van der Waals surface area contributed by atoms with Crippen LogP contribution in [0.25, 0.3) is 0 Å². The number of unbranched alkanes of at least 4 members (excludes halogenated alkanes) is 3. The van der Waals surface area contributed by atoms with Gasteiger partial charge in [-0.05, 0) is 6.42 Å². The molecule has 0 unspecified atom stereocenters. The Morgan fingerprint density at radius 2 is 1.42 bits per heavy atom. The number of rotatable bonds is 4. The molecule has 0 fully saturated rings. The zero-order valence-corrected chi connectivity index (χ0v) is 8.14. The SMILES string of the molecule is CCCCCCO.OB(O)O.[Cu]. The second-order valence-electron chi connectivity index (χ2n) is 2.13. The predicted molar refractivity (Wildman–Crippen MR) is 43.6 cm³/mol. The second kappa shape index (κ2) is 17.5. The molecular formula is C6H17BCuO4. The largest absolute Gasteiger partial charge is 0.631 e. The summed E-state index contributed by atoms with van der Waals surface area (Å²) in [5.74, 6) is 0. The van der Waals surface area contributed by atoms with Crippen molar-refractivity contribution in [2.24, 2.45) is 0 Å². The Morgan fingerprint density at radius 3 is 1.67 bits per heavy atom. The van der Waals surface area contributed by atoms with Crippen LogP contribution in [-0.4, -0.2) is 34.1 Å². The molecule has 12 heavy (non-hydrogen) atoms. The summed E-state index contributed by atoms with van der Waals surface area (Å²) in [6.45, 7) is 2.53. The van der Waals surface area contributed by atoms with Crippen LogP contribution >= 0.6 is 0 Å². The van der Waals surface area contributed by atoms with Gasteiger partial charge in [-0.1, -0.05) is 26.2 Å². The van der Waals surface area contributed by atoms with Crippen molar-refractivity contribution in [1.29, 1.82) is 0 Å². The van der Waals surface area contributed by atoms with Crippen molar-refractivity contribution in [3.63, 3.8) is 0 Å². The van der Waals surface area contributed by atoms with Gasteiger partial charge in [0.2, 0.25) is 0 Å². The average Bonchev–Trinajstić information content (AvgIpc) is 1.88. The van der Waals surface area contributed by atoms with E-state index < -0.39 is 7.32 Å². The molecular weight excluding hydrogens is 210 g/mol. The zero-order chi connectivity index (χ0) is 9.11. The third-order valence-corrected chi connectivity index (χ3v) is 1.01. The molecule has 0 aromatic carbocycles. The molecule has 0 rings (SSSR count). The van der Waals surface area contributed by atoms with E-state index in [2.05, 4.69) is 6.92 Å². The van der Waals surface area contributed by atoms with Crippen molar-refractivity contribution in [2.75, 3.05) is 6.61 Å². The summed E-state index contributed by atoms with van der Waals surface area (Å²) >= 11 is 0. The minimum atomic E-state index is -2.17. The van der Waals surface area contributed by atoms with Gasteiger partial charge in [-0.15, -0.1) is 0 Å². The summed E-state index contributed by atoms with van der Waals surface area (Å²) in [5, 5.41) is 29.8. The molecule has 4 N–H and O–H groups in total. The summed E-state index contributed by atoms with van der Waals surface area (Å²) in [5.41, 5.74) is 0. The van der Waals surface area contributed by atoms with E-state index in [0.717, 1.165) is 6.42 Å². The Labute approximate surface area is 84.3 Å². The van der Waals surface area contributed by atoms with Crippen molar-refractivity contribution >= 4 is 7.32 Å². The van der Waals surface area contributed by atoms with Crippen LogP contribution in [-0.2, 0) is 17.1 Å². The molecule has 1 radical (unpaired) electrons. The number of aliphatic hydroxyl groups is 1. The first-order valence-electron chi connectivity index (χ1n) is 3.80. The van der Waals surface area contributed by atoms with E-state index in [-0.39, 0.29) is 17.1 Å².